The number of phenolic OH excluding ortho intramolecular Hbond substituents is 1. The second-order valence-corrected chi connectivity index (χ2v) is 6.47. The average Bonchev–Trinajstić information content (AvgIpc) is 2.85. The third-order valence-corrected chi connectivity index (χ3v) is 4.88. The van der Waals surface area contributed by atoms with Crippen molar-refractivity contribution >= 4 is 15.7 Å². The number of aromatic hydroxyl groups is 1. The minimum absolute atomic E-state index is 0.0414. The van der Waals surface area contributed by atoms with Crippen molar-refractivity contribution in [3.05, 3.63) is 18.2 Å². The van der Waals surface area contributed by atoms with Gasteiger partial charge in [0.2, 0.25) is 10.0 Å². The predicted molar refractivity (Wildman–Crippen MR) is 71.2 cm³/mol. The van der Waals surface area contributed by atoms with Crippen molar-refractivity contribution in [3.63, 3.8) is 0 Å². The first kappa shape index (κ1) is 14.1. The molecule has 0 saturated carbocycles. The lowest BCUT2D eigenvalue weighted by molar-refractivity contribution is 0.180. The number of sulfonamides is 1. The van der Waals surface area contributed by atoms with Crippen LogP contribution in [0, 0.1) is 5.92 Å². The summed E-state index contributed by atoms with van der Waals surface area (Å²) in [6.45, 7) is 3.06. The van der Waals surface area contributed by atoms with Gasteiger partial charge in [0.05, 0.1) is 17.2 Å². The maximum absolute atomic E-state index is 12.2. The highest BCUT2D eigenvalue weighted by Crippen LogP contribution is 2.24. The average molecular weight is 286 g/mol. The molecule has 4 N–H and O–H groups in total. The third-order valence-electron chi connectivity index (χ3n) is 3.32. The van der Waals surface area contributed by atoms with Crippen LogP contribution in [0.4, 0.5) is 5.69 Å². The van der Waals surface area contributed by atoms with Crippen molar-refractivity contribution in [3.8, 4) is 5.75 Å². The van der Waals surface area contributed by atoms with Gasteiger partial charge in [-0.15, -0.1) is 0 Å². The number of hydrogen-bond acceptors (Lipinski definition) is 5. The van der Waals surface area contributed by atoms with Crippen LogP contribution in [-0.2, 0) is 14.8 Å². The van der Waals surface area contributed by atoms with E-state index in [1.807, 2.05) is 6.92 Å². The SMILES string of the molecule is CC(NS(=O)(=O)c1ccc(O)c(N)c1)C1CCOC1. The molecule has 6 nitrogen and oxygen atoms in total. The van der Waals surface area contributed by atoms with Gasteiger partial charge in [0.15, 0.2) is 0 Å². The fraction of sp³-hybridized carbons (Fsp3) is 0.500. The van der Waals surface area contributed by atoms with Crippen LogP contribution in [-0.4, -0.2) is 32.8 Å². The standard InChI is InChI=1S/C12H18N2O4S/c1-8(9-4-5-18-7-9)14-19(16,17)10-2-3-12(15)11(13)6-10/h2-3,6,8-9,14-15H,4-5,7,13H2,1H3. The van der Waals surface area contributed by atoms with E-state index in [2.05, 4.69) is 4.72 Å². The number of hydrogen-bond donors (Lipinski definition) is 3. The molecule has 0 aromatic heterocycles. The van der Waals surface area contributed by atoms with Gasteiger partial charge in [-0.1, -0.05) is 0 Å². The quantitative estimate of drug-likeness (QED) is 0.558. The highest BCUT2D eigenvalue weighted by atomic mass is 32.2. The summed E-state index contributed by atoms with van der Waals surface area (Å²) in [6, 6.07) is 3.64. The molecule has 1 aromatic rings. The van der Waals surface area contributed by atoms with E-state index in [4.69, 9.17) is 10.5 Å². The van der Waals surface area contributed by atoms with Gasteiger partial charge in [0.25, 0.3) is 0 Å². The summed E-state index contributed by atoms with van der Waals surface area (Å²) in [5.41, 5.74) is 5.55. The molecule has 1 heterocycles. The Morgan fingerprint density at radius 3 is 2.84 bits per heavy atom. The molecule has 7 heteroatoms. The Labute approximate surface area is 112 Å². The molecule has 1 aliphatic rings. The van der Waals surface area contributed by atoms with E-state index in [0.717, 1.165) is 6.42 Å². The molecule has 1 aliphatic heterocycles. The second kappa shape index (κ2) is 5.36. The molecule has 106 valence electrons. The van der Waals surface area contributed by atoms with E-state index < -0.39 is 10.0 Å². The van der Waals surface area contributed by atoms with E-state index in [9.17, 15) is 13.5 Å². The summed E-state index contributed by atoms with van der Waals surface area (Å²) in [5, 5.41) is 9.31. The Hall–Kier alpha value is -1.31. The van der Waals surface area contributed by atoms with Crippen LogP contribution >= 0.6 is 0 Å². The molecule has 0 amide bonds. The first-order valence-corrected chi connectivity index (χ1v) is 7.57. The zero-order valence-electron chi connectivity index (χ0n) is 10.7. The molecular formula is C12H18N2O4S. The van der Waals surface area contributed by atoms with Gasteiger partial charge in [-0.3, -0.25) is 0 Å². The van der Waals surface area contributed by atoms with Crippen LogP contribution < -0.4 is 10.5 Å². The molecule has 1 saturated heterocycles. The van der Waals surface area contributed by atoms with Crippen molar-refractivity contribution in [2.45, 2.75) is 24.3 Å². The van der Waals surface area contributed by atoms with Gasteiger partial charge < -0.3 is 15.6 Å². The Kier molecular flexibility index (Phi) is 3.98. The molecule has 0 bridgehead atoms. The minimum Gasteiger partial charge on any atom is -0.506 e. The summed E-state index contributed by atoms with van der Waals surface area (Å²) in [4.78, 5) is 0.0496. The molecule has 1 aromatic carbocycles. The summed E-state index contributed by atoms with van der Waals surface area (Å²) in [6.07, 6.45) is 0.849. The number of ether oxygens (including phenoxy) is 1. The number of rotatable bonds is 4. The van der Waals surface area contributed by atoms with Crippen LogP contribution in [0.2, 0.25) is 0 Å². The minimum atomic E-state index is -3.63. The smallest absolute Gasteiger partial charge is 0.240 e. The van der Waals surface area contributed by atoms with Gasteiger partial charge in [0.1, 0.15) is 5.75 Å². The third kappa shape index (κ3) is 3.17. The molecule has 19 heavy (non-hydrogen) atoms. The van der Waals surface area contributed by atoms with Crippen molar-refractivity contribution in [2.24, 2.45) is 5.92 Å². The highest BCUT2D eigenvalue weighted by molar-refractivity contribution is 7.89. The fourth-order valence-corrected chi connectivity index (χ4v) is 3.40. The first-order valence-electron chi connectivity index (χ1n) is 6.09. The molecule has 2 rings (SSSR count). The molecule has 1 fully saturated rings. The van der Waals surface area contributed by atoms with Crippen LogP contribution in [0.3, 0.4) is 0 Å². The van der Waals surface area contributed by atoms with E-state index >= 15 is 0 Å². The Balaban J connectivity index is 2.15. The van der Waals surface area contributed by atoms with Gasteiger partial charge in [-0.2, -0.15) is 0 Å². The van der Waals surface area contributed by atoms with Gasteiger partial charge in [0, 0.05) is 18.6 Å². The predicted octanol–water partition coefficient (Wildman–Crippen LogP) is 0.678. The first-order chi connectivity index (χ1) is 8.90. The number of anilines is 1. The Morgan fingerprint density at radius 1 is 1.53 bits per heavy atom. The van der Waals surface area contributed by atoms with Gasteiger partial charge >= 0.3 is 0 Å². The Bertz CT molecular complexity index is 553. The second-order valence-electron chi connectivity index (χ2n) is 4.75. The van der Waals surface area contributed by atoms with Crippen molar-refractivity contribution < 1.29 is 18.3 Å². The maximum Gasteiger partial charge on any atom is 0.240 e. The summed E-state index contributed by atoms with van der Waals surface area (Å²) >= 11 is 0. The number of nitrogen functional groups attached to an aromatic ring is 1. The van der Waals surface area contributed by atoms with Crippen molar-refractivity contribution in [1.29, 1.82) is 0 Å². The zero-order valence-corrected chi connectivity index (χ0v) is 11.5. The van der Waals surface area contributed by atoms with Crippen LogP contribution in [0.1, 0.15) is 13.3 Å². The molecule has 2 unspecified atom stereocenters. The highest BCUT2D eigenvalue weighted by Gasteiger charge is 2.27. The van der Waals surface area contributed by atoms with Crippen LogP contribution in [0.15, 0.2) is 23.1 Å². The topological polar surface area (TPSA) is 102 Å². The summed E-state index contributed by atoms with van der Waals surface area (Å²) in [7, 11) is -3.63. The number of nitrogens with one attached hydrogen (secondary N) is 1. The van der Waals surface area contributed by atoms with Crippen molar-refractivity contribution in [1.82, 2.24) is 4.72 Å². The largest absolute Gasteiger partial charge is 0.506 e. The molecule has 2 atom stereocenters. The zero-order chi connectivity index (χ0) is 14.0. The van der Waals surface area contributed by atoms with Crippen molar-refractivity contribution in [2.75, 3.05) is 18.9 Å². The van der Waals surface area contributed by atoms with Gasteiger partial charge in [-0.05, 0) is 31.5 Å². The molecule has 0 radical (unpaired) electrons. The van der Waals surface area contributed by atoms with Crippen LogP contribution in [0.25, 0.3) is 0 Å². The molecule has 0 spiro atoms. The number of nitrogens with two attached hydrogens (primary N) is 1. The summed E-state index contributed by atoms with van der Waals surface area (Å²) in [5.74, 6) is 0.0560. The lowest BCUT2D eigenvalue weighted by atomic mass is 10.0. The maximum atomic E-state index is 12.2. The Morgan fingerprint density at radius 2 is 2.26 bits per heavy atom. The van der Waals surface area contributed by atoms with E-state index in [-0.39, 0.29) is 28.3 Å². The number of benzene rings is 1. The van der Waals surface area contributed by atoms with E-state index in [1.54, 1.807) is 0 Å². The summed E-state index contributed by atoms with van der Waals surface area (Å²) < 4.78 is 32.2. The lowest BCUT2D eigenvalue weighted by Crippen LogP contribution is -2.38. The van der Waals surface area contributed by atoms with Gasteiger partial charge in [-0.25, -0.2) is 13.1 Å². The lowest BCUT2D eigenvalue weighted by Gasteiger charge is -2.19. The number of phenols is 1. The fourth-order valence-electron chi connectivity index (χ4n) is 2.06. The molecule has 0 aliphatic carbocycles. The van der Waals surface area contributed by atoms with Crippen LogP contribution in [0.5, 0.6) is 5.75 Å². The van der Waals surface area contributed by atoms with E-state index in [1.165, 1.54) is 18.2 Å². The molecular weight excluding hydrogens is 268 g/mol. The normalized spacial score (nSPS) is 21.4. The van der Waals surface area contributed by atoms with E-state index in [0.29, 0.717) is 13.2 Å². The monoisotopic (exact) mass is 286 g/mol.